The molecule has 2 aromatic carbocycles. The highest BCUT2D eigenvalue weighted by atomic mass is 79.9. The fourth-order valence-electron chi connectivity index (χ4n) is 1.81. The van der Waals surface area contributed by atoms with Crippen molar-refractivity contribution in [3.05, 3.63) is 61.0 Å². The van der Waals surface area contributed by atoms with Crippen LogP contribution in [0.4, 0.5) is 5.69 Å². The lowest BCUT2D eigenvalue weighted by molar-refractivity contribution is -0.385. The lowest BCUT2D eigenvalue weighted by Crippen LogP contribution is -2.07. The summed E-state index contributed by atoms with van der Waals surface area (Å²) in [6.07, 6.45) is 0. The summed E-state index contributed by atoms with van der Waals surface area (Å²) in [5.74, 6) is 0.672. The van der Waals surface area contributed by atoms with E-state index in [0.717, 1.165) is 10.0 Å². The van der Waals surface area contributed by atoms with E-state index in [1.165, 1.54) is 6.07 Å². The number of hydrogen-bond acceptors (Lipinski definition) is 4. The van der Waals surface area contributed by atoms with E-state index in [9.17, 15) is 10.1 Å². The third-order valence-electron chi connectivity index (χ3n) is 2.80. The zero-order valence-electron chi connectivity index (χ0n) is 11.0. The average Bonchev–Trinajstić information content (AvgIpc) is 2.42. The van der Waals surface area contributed by atoms with Crippen LogP contribution in [0, 0.1) is 10.1 Å². The van der Waals surface area contributed by atoms with Gasteiger partial charge in [0.05, 0.1) is 4.92 Å². The lowest BCUT2D eigenvalue weighted by Gasteiger charge is -2.14. The fraction of sp³-hybridized carbons (Fsp3) is 0.143. The van der Waals surface area contributed by atoms with E-state index in [-0.39, 0.29) is 17.5 Å². The van der Waals surface area contributed by atoms with Crippen LogP contribution >= 0.6 is 31.9 Å². The van der Waals surface area contributed by atoms with Crippen LogP contribution in [-0.2, 0) is 0 Å². The number of nitro groups is 1. The molecule has 0 radical (unpaired) electrons. The Morgan fingerprint density at radius 3 is 2.29 bits per heavy atom. The third-order valence-corrected chi connectivity index (χ3v) is 3.79. The van der Waals surface area contributed by atoms with Crippen molar-refractivity contribution in [3.8, 4) is 11.5 Å². The minimum atomic E-state index is -0.482. The van der Waals surface area contributed by atoms with Crippen molar-refractivity contribution in [2.24, 2.45) is 5.73 Å². The lowest BCUT2D eigenvalue weighted by atomic mass is 10.1. The second kappa shape index (κ2) is 6.55. The molecule has 0 aromatic heterocycles. The van der Waals surface area contributed by atoms with Crippen molar-refractivity contribution in [1.29, 1.82) is 0 Å². The van der Waals surface area contributed by atoms with Gasteiger partial charge < -0.3 is 10.5 Å². The third kappa shape index (κ3) is 3.81. The fourth-order valence-corrected chi connectivity index (χ4v) is 2.53. The van der Waals surface area contributed by atoms with E-state index in [2.05, 4.69) is 31.9 Å². The molecule has 0 aliphatic rings. The van der Waals surface area contributed by atoms with Gasteiger partial charge in [-0.2, -0.15) is 0 Å². The minimum Gasteiger partial charge on any atom is -0.450 e. The summed E-state index contributed by atoms with van der Waals surface area (Å²) >= 11 is 6.58. The van der Waals surface area contributed by atoms with Gasteiger partial charge >= 0.3 is 5.69 Å². The first-order chi connectivity index (χ1) is 9.88. The van der Waals surface area contributed by atoms with E-state index in [4.69, 9.17) is 10.5 Å². The molecule has 110 valence electrons. The van der Waals surface area contributed by atoms with Gasteiger partial charge in [-0.05, 0) is 37.3 Å². The van der Waals surface area contributed by atoms with Gasteiger partial charge in [-0.15, -0.1) is 0 Å². The molecule has 0 spiro atoms. The van der Waals surface area contributed by atoms with Crippen LogP contribution in [-0.4, -0.2) is 4.92 Å². The summed E-state index contributed by atoms with van der Waals surface area (Å²) in [6.45, 7) is 1.82. The molecule has 0 amide bonds. The Hall–Kier alpha value is -1.44. The SMILES string of the molecule is CC(N)c1cc(Br)ccc1Oc1ccc(Br)cc1[N+](=O)[O-]. The van der Waals surface area contributed by atoms with Gasteiger partial charge in [-0.3, -0.25) is 10.1 Å². The molecule has 0 saturated heterocycles. The maximum absolute atomic E-state index is 11.1. The van der Waals surface area contributed by atoms with Gasteiger partial charge in [0.25, 0.3) is 0 Å². The molecule has 0 heterocycles. The van der Waals surface area contributed by atoms with Gasteiger partial charge in [-0.25, -0.2) is 0 Å². The summed E-state index contributed by atoms with van der Waals surface area (Å²) < 4.78 is 7.19. The Labute approximate surface area is 138 Å². The van der Waals surface area contributed by atoms with Crippen molar-refractivity contribution in [2.45, 2.75) is 13.0 Å². The van der Waals surface area contributed by atoms with E-state index < -0.39 is 4.92 Å². The smallest absolute Gasteiger partial charge is 0.312 e. The molecular formula is C14H12Br2N2O3. The van der Waals surface area contributed by atoms with Crippen LogP contribution < -0.4 is 10.5 Å². The molecule has 5 nitrogen and oxygen atoms in total. The molecule has 1 unspecified atom stereocenters. The second-order valence-electron chi connectivity index (χ2n) is 4.44. The van der Waals surface area contributed by atoms with Crippen molar-refractivity contribution in [1.82, 2.24) is 0 Å². The summed E-state index contributed by atoms with van der Waals surface area (Å²) in [6, 6.07) is 9.75. The molecule has 1 atom stereocenters. The Bertz CT molecular complexity index is 690. The zero-order chi connectivity index (χ0) is 15.6. The predicted molar refractivity (Wildman–Crippen MR) is 87.6 cm³/mol. The maximum atomic E-state index is 11.1. The second-order valence-corrected chi connectivity index (χ2v) is 6.27. The maximum Gasteiger partial charge on any atom is 0.312 e. The Morgan fingerprint density at radius 2 is 1.71 bits per heavy atom. The molecule has 21 heavy (non-hydrogen) atoms. The topological polar surface area (TPSA) is 78.4 Å². The standard InChI is InChI=1S/C14H12Br2N2O3/c1-8(17)11-6-9(15)2-4-13(11)21-14-5-3-10(16)7-12(14)18(19)20/h2-8H,17H2,1H3. The van der Waals surface area contributed by atoms with Crippen LogP contribution in [0.3, 0.4) is 0 Å². The number of nitrogens with zero attached hydrogens (tertiary/aromatic N) is 1. The minimum absolute atomic E-state index is 0.108. The first kappa shape index (κ1) is 15.9. The molecule has 0 fully saturated rings. The highest BCUT2D eigenvalue weighted by Gasteiger charge is 2.18. The summed E-state index contributed by atoms with van der Waals surface area (Å²) in [7, 11) is 0. The van der Waals surface area contributed by atoms with Crippen molar-refractivity contribution in [3.63, 3.8) is 0 Å². The number of rotatable bonds is 4. The van der Waals surface area contributed by atoms with Gasteiger partial charge in [0.2, 0.25) is 5.75 Å². The van der Waals surface area contributed by atoms with E-state index in [1.807, 2.05) is 13.0 Å². The van der Waals surface area contributed by atoms with Crippen LogP contribution in [0.15, 0.2) is 45.3 Å². The normalized spacial score (nSPS) is 12.0. The van der Waals surface area contributed by atoms with Gasteiger partial charge in [0.1, 0.15) is 5.75 Å². The number of halogens is 2. The number of ether oxygens (including phenoxy) is 1. The number of nitrogens with two attached hydrogens (primary N) is 1. The van der Waals surface area contributed by atoms with Gasteiger partial charge in [0, 0.05) is 26.6 Å². The van der Waals surface area contributed by atoms with E-state index in [1.54, 1.807) is 24.3 Å². The molecule has 2 rings (SSSR count). The monoisotopic (exact) mass is 414 g/mol. The van der Waals surface area contributed by atoms with Crippen molar-refractivity contribution >= 4 is 37.5 Å². The highest BCUT2D eigenvalue weighted by Crippen LogP contribution is 2.37. The number of hydrogen-bond donors (Lipinski definition) is 1. The molecule has 0 aliphatic carbocycles. The van der Waals surface area contributed by atoms with Crippen molar-refractivity contribution < 1.29 is 9.66 Å². The number of nitro benzene ring substituents is 1. The van der Waals surface area contributed by atoms with E-state index >= 15 is 0 Å². The molecular weight excluding hydrogens is 404 g/mol. The van der Waals surface area contributed by atoms with Crippen molar-refractivity contribution in [2.75, 3.05) is 0 Å². The molecule has 2 aromatic rings. The Balaban J connectivity index is 2.46. The van der Waals surface area contributed by atoms with Crippen LogP contribution in [0.1, 0.15) is 18.5 Å². The van der Waals surface area contributed by atoms with Gasteiger partial charge in [0.15, 0.2) is 0 Å². The summed E-state index contributed by atoms with van der Waals surface area (Å²) in [5.41, 5.74) is 6.57. The highest BCUT2D eigenvalue weighted by molar-refractivity contribution is 9.10. The largest absolute Gasteiger partial charge is 0.450 e. The van der Waals surface area contributed by atoms with Crippen LogP contribution in [0.5, 0.6) is 11.5 Å². The first-order valence-corrected chi connectivity index (χ1v) is 7.64. The quantitative estimate of drug-likeness (QED) is 0.567. The molecule has 2 N–H and O–H groups in total. The van der Waals surface area contributed by atoms with Crippen LogP contribution in [0.25, 0.3) is 0 Å². The van der Waals surface area contributed by atoms with Crippen LogP contribution in [0.2, 0.25) is 0 Å². The zero-order valence-corrected chi connectivity index (χ0v) is 14.2. The molecule has 0 saturated carbocycles. The van der Waals surface area contributed by atoms with E-state index in [0.29, 0.717) is 10.2 Å². The first-order valence-electron chi connectivity index (χ1n) is 6.05. The Morgan fingerprint density at radius 1 is 1.14 bits per heavy atom. The van der Waals surface area contributed by atoms with Gasteiger partial charge in [-0.1, -0.05) is 31.9 Å². The number of benzene rings is 2. The molecule has 0 aliphatic heterocycles. The Kier molecular flexibility index (Phi) is 4.97. The predicted octanol–water partition coefficient (Wildman–Crippen LogP) is 4.93. The summed E-state index contributed by atoms with van der Waals surface area (Å²) in [5, 5.41) is 11.1. The summed E-state index contributed by atoms with van der Waals surface area (Å²) in [4.78, 5) is 10.6. The average molecular weight is 416 g/mol. The molecule has 0 bridgehead atoms. The molecule has 7 heteroatoms.